The fourth-order valence-electron chi connectivity index (χ4n) is 2.87. The van der Waals surface area contributed by atoms with Gasteiger partial charge in [0.05, 0.1) is 16.3 Å². The average molecular weight is 358 g/mol. The molecule has 0 saturated carbocycles. The number of hydrogen-bond donors (Lipinski definition) is 2. The molecule has 126 valence electrons. The molecule has 23 heavy (non-hydrogen) atoms. The molecule has 0 unspecified atom stereocenters. The highest BCUT2D eigenvalue weighted by Gasteiger charge is 2.73. The monoisotopic (exact) mass is 358 g/mol. The lowest BCUT2D eigenvalue weighted by molar-refractivity contribution is -0.187. The van der Waals surface area contributed by atoms with E-state index in [1.54, 1.807) is 13.8 Å². The standard InChI is InChI=1S/C14H18N2O5S2/c1-5-6-22-7-8(17)15-14(12(19)20)13(2,3)23-11-9(21-4)10(18)16(11)14/h1,9,11H,6-7H2,2-4H3,(H,15,17)(H,19,20)/t9-,11-,14+/m1/s1. The van der Waals surface area contributed by atoms with E-state index in [1.807, 2.05) is 0 Å². The van der Waals surface area contributed by atoms with E-state index in [-0.39, 0.29) is 5.75 Å². The molecule has 0 bridgehead atoms. The fourth-order valence-corrected chi connectivity index (χ4v) is 5.08. The van der Waals surface area contributed by atoms with Gasteiger partial charge in [0, 0.05) is 7.11 Å². The van der Waals surface area contributed by atoms with Crippen LogP contribution in [-0.2, 0) is 19.1 Å². The van der Waals surface area contributed by atoms with Crippen molar-refractivity contribution in [3.05, 3.63) is 0 Å². The maximum absolute atomic E-state index is 12.3. The van der Waals surface area contributed by atoms with Crippen molar-refractivity contribution in [3.8, 4) is 12.3 Å². The van der Waals surface area contributed by atoms with Crippen LogP contribution in [0.5, 0.6) is 0 Å². The van der Waals surface area contributed by atoms with E-state index >= 15 is 0 Å². The molecule has 2 aliphatic heterocycles. The predicted molar refractivity (Wildman–Crippen MR) is 87.8 cm³/mol. The molecule has 2 heterocycles. The third-order valence-electron chi connectivity index (χ3n) is 3.94. The van der Waals surface area contributed by atoms with Crippen LogP contribution in [0.4, 0.5) is 0 Å². The predicted octanol–water partition coefficient (Wildman–Crippen LogP) is -0.0414. The number of hydrogen-bond acceptors (Lipinski definition) is 6. The van der Waals surface area contributed by atoms with E-state index in [2.05, 4.69) is 11.2 Å². The van der Waals surface area contributed by atoms with Crippen molar-refractivity contribution in [2.75, 3.05) is 18.6 Å². The zero-order valence-corrected chi connectivity index (χ0v) is 14.6. The number of aliphatic carboxylic acids is 1. The van der Waals surface area contributed by atoms with Gasteiger partial charge in [-0.25, -0.2) is 4.79 Å². The lowest BCUT2D eigenvalue weighted by atomic mass is 9.89. The lowest BCUT2D eigenvalue weighted by Crippen LogP contribution is -2.78. The van der Waals surface area contributed by atoms with Crippen LogP contribution in [0.15, 0.2) is 0 Å². The molecular formula is C14H18N2O5S2. The number of carboxylic acids is 1. The largest absolute Gasteiger partial charge is 0.478 e. The van der Waals surface area contributed by atoms with Crippen molar-refractivity contribution in [1.82, 2.24) is 10.2 Å². The molecule has 2 aliphatic rings. The van der Waals surface area contributed by atoms with Crippen LogP contribution >= 0.6 is 23.5 Å². The number of rotatable bonds is 6. The molecule has 2 saturated heterocycles. The fraction of sp³-hybridized carbons (Fsp3) is 0.643. The van der Waals surface area contributed by atoms with E-state index in [9.17, 15) is 19.5 Å². The van der Waals surface area contributed by atoms with Crippen LogP contribution in [0.1, 0.15) is 13.8 Å². The van der Waals surface area contributed by atoms with Crippen LogP contribution in [0.3, 0.4) is 0 Å². The number of terminal acetylenes is 1. The molecule has 0 aromatic carbocycles. The normalized spacial score (nSPS) is 31.0. The molecule has 0 aromatic heterocycles. The number of ether oxygens (including phenoxy) is 1. The van der Waals surface area contributed by atoms with Gasteiger partial charge in [0.25, 0.3) is 5.91 Å². The Morgan fingerprint density at radius 2 is 2.22 bits per heavy atom. The summed E-state index contributed by atoms with van der Waals surface area (Å²) in [5.41, 5.74) is -1.80. The summed E-state index contributed by atoms with van der Waals surface area (Å²) in [6.45, 7) is 3.39. The second kappa shape index (κ2) is 6.26. The Labute approximate surface area is 142 Å². The highest BCUT2D eigenvalue weighted by Crippen LogP contribution is 2.56. The summed E-state index contributed by atoms with van der Waals surface area (Å²) in [4.78, 5) is 37.7. The number of thioether (sulfide) groups is 2. The zero-order chi connectivity index (χ0) is 17.4. The van der Waals surface area contributed by atoms with Gasteiger partial charge in [-0.05, 0) is 13.8 Å². The van der Waals surface area contributed by atoms with E-state index in [1.165, 1.54) is 35.5 Å². The molecule has 2 N–H and O–H groups in total. The van der Waals surface area contributed by atoms with E-state index < -0.39 is 39.7 Å². The highest BCUT2D eigenvalue weighted by atomic mass is 32.2. The minimum absolute atomic E-state index is 0.0282. The first kappa shape index (κ1) is 18.0. The zero-order valence-electron chi connectivity index (χ0n) is 13.0. The SMILES string of the molecule is C#CCSCC(=O)N[C@@]1(C(=O)O)N2C(=O)[C@@H](OC)[C@H]2SC1(C)C. The maximum Gasteiger partial charge on any atom is 0.352 e. The summed E-state index contributed by atoms with van der Waals surface area (Å²) in [7, 11) is 1.41. The summed E-state index contributed by atoms with van der Waals surface area (Å²) in [5.74, 6) is 0.592. The number of nitrogens with one attached hydrogen (secondary N) is 1. The van der Waals surface area contributed by atoms with Gasteiger partial charge >= 0.3 is 5.97 Å². The van der Waals surface area contributed by atoms with Crippen LogP contribution in [0, 0.1) is 12.3 Å². The number of amides is 2. The Hall–Kier alpha value is -1.37. The lowest BCUT2D eigenvalue weighted by Gasteiger charge is -2.49. The van der Waals surface area contributed by atoms with Gasteiger partial charge in [0.15, 0.2) is 6.10 Å². The summed E-state index contributed by atoms with van der Waals surface area (Å²) in [6.07, 6.45) is 4.44. The van der Waals surface area contributed by atoms with Gasteiger partial charge in [-0.1, -0.05) is 5.92 Å². The third kappa shape index (κ3) is 2.58. The topological polar surface area (TPSA) is 95.9 Å². The Morgan fingerprint density at radius 1 is 1.57 bits per heavy atom. The van der Waals surface area contributed by atoms with Gasteiger partial charge in [-0.15, -0.1) is 29.9 Å². The van der Waals surface area contributed by atoms with Gasteiger partial charge in [0.1, 0.15) is 5.37 Å². The number of fused-ring (bicyclic) bond motifs is 1. The van der Waals surface area contributed by atoms with Gasteiger partial charge in [0.2, 0.25) is 11.6 Å². The Bertz CT molecular complexity index is 588. The van der Waals surface area contributed by atoms with Crippen LogP contribution < -0.4 is 5.32 Å². The number of carbonyl (C=O) groups is 3. The van der Waals surface area contributed by atoms with Crippen molar-refractivity contribution in [2.45, 2.75) is 35.7 Å². The molecule has 3 atom stereocenters. The van der Waals surface area contributed by atoms with E-state index in [0.29, 0.717) is 5.75 Å². The molecule has 0 aliphatic carbocycles. The second-order valence-corrected chi connectivity index (χ2v) is 8.37. The first-order chi connectivity index (χ1) is 10.7. The van der Waals surface area contributed by atoms with Gasteiger partial charge in [-0.3, -0.25) is 14.5 Å². The minimum atomic E-state index is -1.80. The highest BCUT2D eigenvalue weighted by molar-refractivity contribution is 8.01. The van der Waals surface area contributed by atoms with Crippen LogP contribution in [0.2, 0.25) is 0 Å². The van der Waals surface area contributed by atoms with Crippen molar-refractivity contribution in [2.24, 2.45) is 0 Å². The van der Waals surface area contributed by atoms with Gasteiger partial charge < -0.3 is 15.2 Å². The maximum atomic E-state index is 12.3. The Kier molecular flexibility index (Phi) is 4.89. The number of carbonyl (C=O) groups excluding carboxylic acids is 2. The molecule has 7 nitrogen and oxygen atoms in total. The molecule has 2 rings (SSSR count). The Balaban J connectivity index is 2.29. The summed E-state index contributed by atoms with van der Waals surface area (Å²) < 4.78 is 4.20. The minimum Gasteiger partial charge on any atom is -0.478 e. The molecule has 2 amide bonds. The smallest absolute Gasteiger partial charge is 0.352 e. The van der Waals surface area contributed by atoms with Crippen LogP contribution in [0.25, 0.3) is 0 Å². The summed E-state index contributed by atoms with van der Waals surface area (Å²) in [6, 6.07) is 0. The number of carboxylic acid groups (broad SMARTS) is 1. The van der Waals surface area contributed by atoms with Crippen molar-refractivity contribution in [3.63, 3.8) is 0 Å². The molecular weight excluding hydrogens is 340 g/mol. The van der Waals surface area contributed by atoms with Crippen LogP contribution in [-0.4, -0.2) is 68.3 Å². The number of β-lactam (4-membered cyclic amide) rings is 1. The molecule has 9 heteroatoms. The van der Waals surface area contributed by atoms with Crippen molar-refractivity contribution in [1.29, 1.82) is 0 Å². The second-order valence-electron chi connectivity index (χ2n) is 5.64. The average Bonchev–Trinajstić information content (AvgIpc) is 2.65. The van der Waals surface area contributed by atoms with Crippen molar-refractivity contribution >= 4 is 41.3 Å². The summed E-state index contributed by atoms with van der Waals surface area (Å²) in [5, 5.41) is 11.9. The van der Waals surface area contributed by atoms with Crippen molar-refractivity contribution < 1.29 is 24.2 Å². The van der Waals surface area contributed by atoms with Gasteiger partial charge in [-0.2, -0.15) is 0 Å². The summed E-state index contributed by atoms with van der Waals surface area (Å²) >= 11 is 2.51. The molecule has 0 spiro atoms. The quantitative estimate of drug-likeness (QED) is 0.391. The molecule has 2 fully saturated rings. The third-order valence-corrected chi connectivity index (χ3v) is 6.37. The van der Waals surface area contributed by atoms with E-state index in [4.69, 9.17) is 11.2 Å². The first-order valence-corrected chi connectivity index (χ1v) is 8.85. The first-order valence-electron chi connectivity index (χ1n) is 6.82. The Morgan fingerprint density at radius 3 is 2.74 bits per heavy atom. The van der Waals surface area contributed by atoms with E-state index in [0.717, 1.165) is 0 Å². The number of nitrogens with zero attached hydrogens (tertiary/aromatic N) is 1. The molecule has 0 radical (unpaired) electrons. The number of methoxy groups -OCH3 is 1. The molecule has 0 aromatic rings.